The second-order valence-electron chi connectivity index (χ2n) is 13.5. The van der Waals surface area contributed by atoms with Gasteiger partial charge in [-0.3, -0.25) is 14.5 Å². The average molecular weight is 490 g/mol. The smallest absolute Gasteiger partial charge is 0.232 e. The number of piperidine rings is 1. The number of amides is 2. The predicted molar refractivity (Wildman–Crippen MR) is 141 cm³/mol. The number of hydrogen-bond donors (Lipinski definition) is 1. The number of rotatable bonds is 3. The Labute approximate surface area is 212 Å². The fourth-order valence-electron chi connectivity index (χ4n) is 8.72. The first-order valence-corrected chi connectivity index (χ1v) is 14.1. The van der Waals surface area contributed by atoms with E-state index in [-0.39, 0.29) is 28.1 Å². The van der Waals surface area contributed by atoms with Crippen LogP contribution in [0.5, 0.6) is 0 Å². The number of fused-ring (bicyclic) bond motifs is 5. The van der Waals surface area contributed by atoms with Crippen LogP contribution in [0.1, 0.15) is 92.9 Å². The molecule has 0 aromatic heterocycles. The fourth-order valence-corrected chi connectivity index (χ4v) is 9.01. The van der Waals surface area contributed by atoms with Crippen molar-refractivity contribution in [3.63, 3.8) is 0 Å². The van der Waals surface area contributed by atoms with E-state index in [1.807, 2.05) is 18.9 Å². The number of carbonyl (C=O) groups excluding carboxylic acids is 2. The summed E-state index contributed by atoms with van der Waals surface area (Å²) >= 11 is 5.69. The normalized spacial score (nSPS) is 39.7. The number of hydrogen-bond acceptors (Lipinski definition) is 3. The van der Waals surface area contributed by atoms with Crippen LogP contribution in [-0.2, 0) is 9.59 Å². The molecule has 5 nitrogen and oxygen atoms in total. The van der Waals surface area contributed by atoms with E-state index in [4.69, 9.17) is 12.2 Å². The monoisotopic (exact) mass is 489 g/mol. The number of thiocarbonyl (C=S) groups is 1. The summed E-state index contributed by atoms with van der Waals surface area (Å²) in [5.74, 6) is 2.57. The molecule has 7 atom stereocenters. The Hall–Kier alpha value is -1.17. The highest BCUT2D eigenvalue weighted by molar-refractivity contribution is 7.80. The van der Waals surface area contributed by atoms with E-state index in [1.54, 1.807) is 0 Å². The molecular formula is C28H47N3O2S. The van der Waals surface area contributed by atoms with Gasteiger partial charge in [-0.1, -0.05) is 34.6 Å². The Kier molecular flexibility index (Phi) is 6.89. The van der Waals surface area contributed by atoms with E-state index >= 15 is 0 Å². The first kappa shape index (κ1) is 25.9. The SMILES string of the molecule is CCNC(=S)N(CC(C)(C)C)C(=O)C1CC[C@H]2[C@@H]3CCC4N(C)C(=O)CC[C@]4(C)[C@@H]3CC[C@]12C. The molecule has 192 valence electrons. The Bertz CT molecular complexity index is 838. The van der Waals surface area contributed by atoms with Gasteiger partial charge in [0.15, 0.2) is 5.11 Å². The lowest BCUT2D eigenvalue weighted by Gasteiger charge is -2.61. The predicted octanol–water partition coefficient (Wildman–Crippen LogP) is 5.24. The lowest BCUT2D eigenvalue weighted by molar-refractivity contribution is -0.160. The van der Waals surface area contributed by atoms with E-state index in [0.717, 1.165) is 38.6 Å². The van der Waals surface area contributed by atoms with Crippen molar-refractivity contribution in [3.8, 4) is 0 Å². The van der Waals surface area contributed by atoms with Crippen LogP contribution in [0.2, 0.25) is 0 Å². The molecule has 0 aromatic rings. The molecule has 1 aliphatic heterocycles. The summed E-state index contributed by atoms with van der Waals surface area (Å²) in [7, 11) is 2.03. The molecule has 4 aliphatic rings. The molecule has 0 bridgehead atoms. The van der Waals surface area contributed by atoms with E-state index < -0.39 is 0 Å². The molecule has 1 saturated heterocycles. The summed E-state index contributed by atoms with van der Waals surface area (Å²) in [5.41, 5.74) is 0.263. The Balaban J connectivity index is 1.57. The van der Waals surface area contributed by atoms with Crippen LogP contribution in [0.3, 0.4) is 0 Å². The molecule has 1 N–H and O–H groups in total. The zero-order valence-corrected chi connectivity index (χ0v) is 23.4. The molecule has 4 fully saturated rings. The maximum Gasteiger partial charge on any atom is 0.232 e. The third kappa shape index (κ3) is 4.20. The lowest BCUT2D eigenvalue weighted by atomic mass is 9.47. The molecule has 0 radical (unpaired) electrons. The molecule has 3 aliphatic carbocycles. The number of likely N-dealkylation sites (tertiary alicyclic amines) is 1. The second-order valence-corrected chi connectivity index (χ2v) is 13.9. The summed E-state index contributed by atoms with van der Waals surface area (Å²) in [6, 6.07) is 0.387. The van der Waals surface area contributed by atoms with Gasteiger partial charge >= 0.3 is 0 Å². The van der Waals surface area contributed by atoms with Crippen LogP contribution >= 0.6 is 12.2 Å². The number of nitrogens with zero attached hydrogens (tertiary/aromatic N) is 2. The van der Waals surface area contributed by atoms with Crippen molar-refractivity contribution in [1.82, 2.24) is 15.1 Å². The second kappa shape index (κ2) is 9.05. The maximum absolute atomic E-state index is 14.1. The molecule has 0 spiro atoms. The van der Waals surface area contributed by atoms with Gasteiger partial charge in [-0.25, -0.2) is 0 Å². The van der Waals surface area contributed by atoms with Gasteiger partial charge in [0, 0.05) is 38.5 Å². The van der Waals surface area contributed by atoms with Gasteiger partial charge < -0.3 is 10.2 Å². The zero-order chi connectivity index (χ0) is 25.1. The minimum Gasteiger partial charge on any atom is -0.362 e. The van der Waals surface area contributed by atoms with Crippen molar-refractivity contribution in [3.05, 3.63) is 0 Å². The quantitative estimate of drug-likeness (QED) is 0.551. The Morgan fingerprint density at radius 1 is 1.09 bits per heavy atom. The summed E-state index contributed by atoms with van der Waals surface area (Å²) in [4.78, 5) is 30.5. The Morgan fingerprint density at radius 2 is 1.76 bits per heavy atom. The minimum absolute atomic E-state index is 0.0108. The first-order chi connectivity index (χ1) is 15.8. The highest BCUT2D eigenvalue weighted by atomic mass is 32.1. The van der Waals surface area contributed by atoms with E-state index in [1.165, 1.54) is 12.8 Å². The highest BCUT2D eigenvalue weighted by Crippen LogP contribution is 2.66. The van der Waals surface area contributed by atoms with Crippen LogP contribution in [0.4, 0.5) is 0 Å². The molecule has 34 heavy (non-hydrogen) atoms. The summed E-state index contributed by atoms with van der Waals surface area (Å²) in [6.45, 7) is 14.8. The molecule has 4 rings (SSSR count). The summed E-state index contributed by atoms with van der Waals surface area (Å²) < 4.78 is 0. The first-order valence-electron chi connectivity index (χ1n) is 13.7. The number of nitrogens with one attached hydrogen (secondary N) is 1. The van der Waals surface area contributed by atoms with Crippen LogP contribution in [0.15, 0.2) is 0 Å². The van der Waals surface area contributed by atoms with Crippen LogP contribution in [0.25, 0.3) is 0 Å². The largest absolute Gasteiger partial charge is 0.362 e. The van der Waals surface area contributed by atoms with Crippen LogP contribution in [0, 0.1) is 39.9 Å². The topological polar surface area (TPSA) is 52.7 Å². The fraction of sp³-hybridized carbons (Fsp3) is 0.893. The highest BCUT2D eigenvalue weighted by Gasteiger charge is 2.62. The van der Waals surface area contributed by atoms with Crippen molar-refractivity contribution in [1.29, 1.82) is 0 Å². The molecule has 2 amide bonds. The van der Waals surface area contributed by atoms with Gasteiger partial charge in [-0.15, -0.1) is 0 Å². The molecule has 3 saturated carbocycles. The third-order valence-electron chi connectivity index (χ3n) is 10.3. The maximum atomic E-state index is 14.1. The van der Waals surface area contributed by atoms with Gasteiger partial charge in [-0.2, -0.15) is 0 Å². The lowest BCUT2D eigenvalue weighted by Crippen LogP contribution is -2.61. The zero-order valence-electron chi connectivity index (χ0n) is 22.6. The van der Waals surface area contributed by atoms with Crippen LogP contribution in [-0.4, -0.2) is 52.9 Å². The minimum atomic E-state index is -0.0108. The summed E-state index contributed by atoms with van der Waals surface area (Å²) in [5, 5.41) is 3.84. The van der Waals surface area contributed by atoms with Crippen molar-refractivity contribution in [2.45, 2.75) is 99.0 Å². The van der Waals surface area contributed by atoms with E-state index in [0.29, 0.717) is 47.8 Å². The standard InChI is InChI=1S/C28H47N3O2S/c1-8-29-25(34)31(17-26(2,3)4)24(33)21-11-10-19-18-9-12-22-28(6,16-14-23(32)30(22)7)20(18)13-15-27(19,21)5/h18-22H,8-17H2,1-7H3,(H,29,34)/t18-,19-,20+,21?,22?,27-,28+/m0/s1. The van der Waals surface area contributed by atoms with Gasteiger partial charge in [-0.05, 0) is 98.1 Å². The molecular weight excluding hydrogens is 442 g/mol. The van der Waals surface area contributed by atoms with Crippen LogP contribution < -0.4 is 5.32 Å². The molecule has 0 aromatic carbocycles. The van der Waals surface area contributed by atoms with Gasteiger partial charge in [0.05, 0.1) is 0 Å². The summed E-state index contributed by atoms with van der Waals surface area (Å²) in [6.07, 6.45) is 8.48. The van der Waals surface area contributed by atoms with E-state index in [2.05, 4.69) is 44.8 Å². The third-order valence-corrected chi connectivity index (χ3v) is 10.7. The average Bonchev–Trinajstić information content (AvgIpc) is 3.11. The van der Waals surface area contributed by atoms with Crippen molar-refractivity contribution < 1.29 is 9.59 Å². The van der Waals surface area contributed by atoms with Crippen molar-refractivity contribution >= 4 is 29.1 Å². The van der Waals surface area contributed by atoms with Crippen molar-refractivity contribution in [2.75, 3.05) is 20.1 Å². The number of carbonyl (C=O) groups is 2. The van der Waals surface area contributed by atoms with Gasteiger partial charge in [0.1, 0.15) is 0 Å². The molecule has 2 unspecified atom stereocenters. The van der Waals surface area contributed by atoms with Crippen molar-refractivity contribution in [2.24, 2.45) is 39.9 Å². The van der Waals surface area contributed by atoms with Gasteiger partial charge in [0.25, 0.3) is 0 Å². The molecule has 1 heterocycles. The van der Waals surface area contributed by atoms with Gasteiger partial charge in [0.2, 0.25) is 11.8 Å². The van der Waals surface area contributed by atoms with E-state index in [9.17, 15) is 9.59 Å². The Morgan fingerprint density at radius 3 is 2.41 bits per heavy atom. The molecule has 6 heteroatoms.